The maximum absolute atomic E-state index is 9.45. The lowest BCUT2D eigenvalue weighted by Crippen LogP contribution is -2.00. The summed E-state index contributed by atoms with van der Waals surface area (Å²) in [7, 11) is 0. The maximum Gasteiger partial charge on any atom is 0.122 e. The van der Waals surface area contributed by atoms with Gasteiger partial charge < -0.3 is 14.9 Å². The average Bonchev–Trinajstić information content (AvgIpc) is 2.30. The number of unbranched alkanes of at least 4 members (excludes halogenated alkanes) is 2. The molecule has 0 spiro atoms. The average molecular weight is 238 g/mol. The molecule has 0 aliphatic rings. The molecule has 1 aromatic carbocycles. The molecule has 3 heteroatoms. The fourth-order valence-corrected chi connectivity index (χ4v) is 1.67. The Kier molecular flexibility index (Phi) is 6.01. The number of ether oxygens (including phenoxy) is 1. The summed E-state index contributed by atoms with van der Waals surface area (Å²) in [5.41, 5.74) is 1.96. The number of aliphatic hydroxyl groups is 2. The van der Waals surface area contributed by atoms with Crippen molar-refractivity contribution in [1.82, 2.24) is 0 Å². The van der Waals surface area contributed by atoms with Crippen molar-refractivity contribution in [2.75, 3.05) is 13.2 Å². The zero-order chi connectivity index (χ0) is 12.7. The van der Waals surface area contributed by atoms with Crippen LogP contribution in [-0.2, 0) is 0 Å². The first-order chi connectivity index (χ1) is 8.15. The van der Waals surface area contributed by atoms with Gasteiger partial charge in [-0.1, -0.05) is 6.07 Å². The van der Waals surface area contributed by atoms with Crippen LogP contribution < -0.4 is 4.74 Å². The molecule has 0 saturated carbocycles. The van der Waals surface area contributed by atoms with Gasteiger partial charge in [0.1, 0.15) is 5.75 Å². The highest BCUT2D eigenvalue weighted by molar-refractivity contribution is 5.36. The minimum atomic E-state index is -0.438. The molecule has 2 N–H and O–H groups in total. The summed E-state index contributed by atoms with van der Waals surface area (Å²) in [4.78, 5) is 0. The van der Waals surface area contributed by atoms with Crippen LogP contribution >= 0.6 is 0 Å². The van der Waals surface area contributed by atoms with Crippen LogP contribution in [0.5, 0.6) is 5.75 Å². The summed E-state index contributed by atoms with van der Waals surface area (Å²) < 4.78 is 5.65. The van der Waals surface area contributed by atoms with Crippen LogP contribution in [0.1, 0.15) is 43.4 Å². The van der Waals surface area contributed by atoms with E-state index in [1.807, 2.05) is 25.1 Å². The molecule has 0 bridgehead atoms. The number of rotatable bonds is 7. The first-order valence-corrected chi connectivity index (χ1v) is 6.17. The quantitative estimate of drug-likeness (QED) is 0.718. The maximum atomic E-state index is 9.45. The molecular weight excluding hydrogens is 216 g/mol. The van der Waals surface area contributed by atoms with E-state index in [4.69, 9.17) is 9.84 Å². The number of aliphatic hydroxyl groups excluding tert-OH is 2. The van der Waals surface area contributed by atoms with Gasteiger partial charge in [0.05, 0.1) is 12.7 Å². The van der Waals surface area contributed by atoms with E-state index in [2.05, 4.69) is 0 Å². The van der Waals surface area contributed by atoms with Gasteiger partial charge in [0.2, 0.25) is 0 Å². The summed E-state index contributed by atoms with van der Waals surface area (Å²) in [6.07, 6.45) is 2.34. The lowest BCUT2D eigenvalue weighted by Gasteiger charge is -2.11. The molecule has 0 aliphatic carbocycles. The van der Waals surface area contributed by atoms with Gasteiger partial charge in [-0.2, -0.15) is 0 Å². The van der Waals surface area contributed by atoms with Gasteiger partial charge >= 0.3 is 0 Å². The van der Waals surface area contributed by atoms with Crippen molar-refractivity contribution in [3.05, 3.63) is 29.3 Å². The molecule has 0 radical (unpaired) electrons. The lowest BCUT2D eigenvalue weighted by atomic mass is 10.1. The van der Waals surface area contributed by atoms with Crippen molar-refractivity contribution >= 4 is 0 Å². The van der Waals surface area contributed by atoms with Gasteiger partial charge in [-0.05, 0) is 56.4 Å². The van der Waals surface area contributed by atoms with E-state index in [-0.39, 0.29) is 6.61 Å². The highest BCUT2D eigenvalue weighted by Gasteiger charge is 2.04. The van der Waals surface area contributed by atoms with Gasteiger partial charge in [0, 0.05) is 6.61 Å². The Balaban J connectivity index is 2.43. The fourth-order valence-electron chi connectivity index (χ4n) is 1.67. The predicted octanol–water partition coefficient (Wildman–Crippen LogP) is 2.59. The third-order valence-corrected chi connectivity index (χ3v) is 2.74. The van der Waals surface area contributed by atoms with Gasteiger partial charge in [0.15, 0.2) is 0 Å². The molecule has 1 rings (SSSR count). The van der Waals surface area contributed by atoms with E-state index in [0.29, 0.717) is 6.61 Å². The third-order valence-electron chi connectivity index (χ3n) is 2.74. The lowest BCUT2D eigenvalue weighted by molar-refractivity contribution is 0.199. The Morgan fingerprint density at radius 1 is 1.24 bits per heavy atom. The van der Waals surface area contributed by atoms with Crippen molar-refractivity contribution in [1.29, 1.82) is 0 Å². The van der Waals surface area contributed by atoms with Crippen LogP contribution in [0.2, 0.25) is 0 Å². The third kappa shape index (κ3) is 4.75. The van der Waals surface area contributed by atoms with E-state index < -0.39 is 6.10 Å². The monoisotopic (exact) mass is 238 g/mol. The minimum absolute atomic E-state index is 0.252. The summed E-state index contributed by atoms with van der Waals surface area (Å²) in [5.74, 6) is 0.874. The first-order valence-electron chi connectivity index (χ1n) is 6.17. The second-order valence-corrected chi connectivity index (χ2v) is 4.33. The molecular formula is C14H22O3. The standard InChI is InChI=1S/C14H22O3/c1-11-10-13(12(2)16)6-7-14(11)17-9-5-3-4-8-15/h6-7,10,12,15-16H,3-5,8-9H2,1-2H3/t12-/m0/s1. The number of hydrogen-bond donors (Lipinski definition) is 2. The van der Waals surface area contributed by atoms with Crippen molar-refractivity contribution in [2.24, 2.45) is 0 Å². The topological polar surface area (TPSA) is 49.7 Å². The SMILES string of the molecule is Cc1cc([C@H](C)O)ccc1OCCCCCO. The molecule has 96 valence electrons. The zero-order valence-corrected chi connectivity index (χ0v) is 10.6. The van der Waals surface area contributed by atoms with Crippen LogP contribution in [0, 0.1) is 6.92 Å². The summed E-state index contributed by atoms with van der Waals surface area (Å²) >= 11 is 0. The Bertz CT molecular complexity index is 334. The molecule has 17 heavy (non-hydrogen) atoms. The Labute approximate surface area is 103 Å². The minimum Gasteiger partial charge on any atom is -0.493 e. The highest BCUT2D eigenvalue weighted by Crippen LogP contribution is 2.22. The number of aryl methyl sites for hydroxylation is 1. The molecule has 0 amide bonds. The zero-order valence-electron chi connectivity index (χ0n) is 10.6. The second-order valence-electron chi connectivity index (χ2n) is 4.33. The van der Waals surface area contributed by atoms with E-state index in [1.165, 1.54) is 0 Å². The van der Waals surface area contributed by atoms with Crippen LogP contribution in [-0.4, -0.2) is 23.4 Å². The van der Waals surface area contributed by atoms with Gasteiger partial charge in [-0.15, -0.1) is 0 Å². The Hall–Kier alpha value is -1.06. The molecule has 0 unspecified atom stereocenters. The van der Waals surface area contributed by atoms with Crippen molar-refractivity contribution in [3.63, 3.8) is 0 Å². The van der Waals surface area contributed by atoms with Crippen LogP contribution in [0.4, 0.5) is 0 Å². The Morgan fingerprint density at radius 3 is 2.59 bits per heavy atom. The smallest absolute Gasteiger partial charge is 0.122 e. The van der Waals surface area contributed by atoms with Crippen molar-refractivity contribution < 1.29 is 14.9 Å². The van der Waals surface area contributed by atoms with Crippen LogP contribution in [0.3, 0.4) is 0 Å². The number of hydrogen-bond acceptors (Lipinski definition) is 3. The van der Waals surface area contributed by atoms with Crippen molar-refractivity contribution in [2.45, 2.75) is 39.2 Å². The molecule has 1 atom stereocenters. The molecule has 0 fully saturated rings. The fraction of sp³-hybridized carbons (Fsp3) is 0.571. The van der Waals surface area contributed by atoms with Crippen molar-refractivity contribution in [3.8, 4) is 5.75 Å². The first kappa shape index (κ1) is 14.0. The van der Waals surface area contributed by atoms with E-state index in [9.17, 15) is 5.11 Å². The predicted molar refractivity (Wildman–Crippen MR) is 68.2 cm³/mol. The molecule has 0 saturated heterocycles. The largest absolute Gasteiger partial charge is 0.493 e. The van der Waals surface area contributed by atoms with E-state index >= 15 is 0 Å². The molecule has 0 aromatic heterocycles. The number of benzene rings is 1. The molecule has 3 nitrogen and oxygen atoms in total. The molecule has 1 aromatic rings. The van der Waals surface area contributed by atoms with E-state index in [0.717, 1.165) is 36.1 Å². The molecule has 0 aliphatic heterocycles. The van der Waals surface area contributed by atoms with Crippen LogP contribution in [0.15, 0.2) is 18.2 Å². The van der Waals surface area contributed by atoms with Gasteiger partial charge in [0.25, 0.3) is 0 Å². The second kappa shape index (κ2) is 7.30. The van der Waals surface area contributed by atoms with Crippen LogP contribution in [0.25, 0.3) is 0 Å². The van der Waals surface area contributed by atoms with E-state index in [1.54, 1.807) is 6.92 Å². The molecule has 0 heterocycles. The highest BCUT2D eigenvalue weighted by atomic mass is 16.5. The summed E-state index contributed by atoms with van der Waals surface area (Å²) in [6, 6.07) is 5.75. The Morgan fingerprint density at radius 2 is 2.00 bits per heavy atom. The summed E-state index contributed by atoms with van der Waals surface area (Å²) in [5, 5.41) is 18.1. The normalized spacial score (nSPS) is 12.5. The van der Waals surface area contributed by atoms with Gasteiger partial charge in [-0.3, -0.25) is 0 Å². The summed E-state index contributed by atoms with van der Waals surface area (Å²) in [6.45, 7) is 4.66. The van der Waals surface area contributed by atoms with Gasteiger partial charge in [-0.25, -0.2) is 0 Å².